The first kappa shape index (κ1) is 22.0. The SMILES string of the molecule is CCCC[c-]1c(C)c(C)c(C)c1C.[Cl-].[Cl-].[Hf]. The predicted octanol–water partition coefficient (Wildman–Crippen LogP) is -2.01. The van der Waals surface area contributed by atoms with Gasteiger partial charge in [-0.2, -0.15) is 27.8 Å². The molecule has 16 heavy (non-hydrogen) atoms. The van der Waals surface area contributed by atoms with Crippen LogP contribution in [0.4, 0.5) is 0 Å². The minimum atomic E-state index is 0. The third-order valence-electron chi connectivity index (χ3n) is 3.37. The summed E-state index contributed by atoms with van der Waals surface area (Å²) >= 11 is 0. The van der Waals surface area contributed by atoms with Crippen molar-refractivity contribution in [2.24, 2.45) is 0 Å². The first-order chi connectivity index (χ1) is 6.09. The van der Waals surface area contributed by atoms with Crippen LogP contribution in [0.15, 0.2) is 0 Å². The quantitative estimate of drug-likeness (QED) is 0.387. The standard InChI is InChI=1S/C13H21.2ClH.Hf/c1-6-7-8-13-11(4)9(2)10(3)12(13)5;;;/h6-8H2,1-5H3;2*1H;/q-1;;;/p-2. The van der Waals surface area contributed by atoms with Gasteiger partial charge in [0, 0.05) is 25.8 Å². The molecule has 0 aliphatic carbocycles. The molecule has 0 N–H and O–H groups in total. The van der Waals surface area contributed by atoms with Crippen LogP contribution in [-0.2, 0) is 32.3 Å². The Morgan fingerprint density at radius 3 is 1.56 bits per heavy atom. The predicted molar refractivity (Wildman–Crippen MR) is 59.6 cm³/mol. The molecule has 0 bridgehead atoms. The molecule has 0 aliphatic rings. The molecule has 94 valence electrons. The molecule has 0 aromatic heterocycles. The van der Waals surface area contributed by atoms with Crippen molar-refractivity contribution in [3.05, 3.63) is 27.8 Å². The largest absolute Gasteiger partial charge is 1.00 e. The molecular weight excluding hydrogens is 406 g/mol. The fraction of sp³-hybridized carbons (Fsp3) is 0.615. The Kier molecular flexibility index (Phi) is 13.5. The van der Waals surface area contributed by atoms with Crippen molar-refractivity contribution in [1.82, 2.24) is 0 Å². The smallest absolute Gasteiger partial charge is 0 e. The summed E-state index contributed by atoms with van der Waals surface area (Å²) in [4.78, 5) is 0. The number of rotatable bonds is 3. The minimum Gasteiger partial charge on any atom is -1.00 e. The topological polar surface area (TPSA) is 0 Å². The van der Waals surface area contributed by atoms with Gasteiger partial charge in [-0.05, 0) is 0 Å². The van der Waals surface area contributed by atoms with E-state index >= 15 is 0 Å². The van der Waals surface area contributed by atoms with E-state index in [4.69, 9.17) is 0 Å². The van der Waals surface area contributed by atoms with E-state index in [9.17, 15) is 0 Å². The van der Waals surface area contributed by atoms with Gasteiger partial charge in [-0.25, -0.2) is 0 Å². The summed E-state index contributed by atoms with van der Waals surface area (Å²) in [5.74, 6) is 0. The molecule has 0 nitrogen and oxygen atoms in total. The van der Waals surface area contributed by atoms with E-state index in [1.54, 1.807) is 5.56 Å². The second-order valence-corrected chi connectivity index (χ2v) is 4.08. The Balaban J connectivity index is -0.000000563. The van der Waals surface area contributed by atoms with Gasteiger partial charge >= 0.3 is 0 Å². The zero-order valence-electron chi connectivity index (χ0n) is 10.9. The summed E-state index contributed by atoms with van der Waals surface area (Å²) in [6.07, 6.45) is 3.88. The van der Waals surface area contributed by atoms with E-state index < -0.39 is 0 Å². The molecule has 0 fully saturated rings. The first-order valence-corrected chi connectivity index (χ1v) is 5.31. The van der Waals surface area contributed by atoms with E-state index in [1.165, 1.54) is 41.5 Å². The molecule has 0 radical (unpaired) electrons. The van der Waals surface area contributed by atoms with Crippen molar-refractivity contribution >= 4 is 0 Å². The molecule has 3 heteroatoms. The van der Waals surface area contributed by atoms with Crippen LogP contribution in [0.2, 0.25) is 0 Å². The molecule has 0 saturated heterocycles. The molecule has 0 aliphatic heterocycles. The molecule has 0 saturated carbocycles. The second kappa shape index (κ2) is 9.79. The van der Waals surface area contributed by atoms with Gasteiger partial charge in [0.05, 0.1) is 0 Å². The van der Waals surface area contributed by atoms with E-state index in [-0.39, 0.29) is 50.7 Å². The monoisotopic (exact) mass is 427 g/mol. The summed E-state index contributed by atoms with van der Waals surface area (Å²) in [6.45, 7) is 11.3. The molecule has 1 rings (SSSR count). The molecule has 0 amide bonds. The Bertz CT molecular complexity index is 278. The van der Waals surface area contributed by atoms with Crippen LogP contribution in [0.1, 0.15) is 47.6 Å². The fourth-order valence-electron chi connectivity index (χ4n) is 2.02. The average molecular weight is 427 g/mol. The zero-order chi connectivity index (χ0) is 10.0. The molecule has 1 aromatic rings. The Morgan fingerprint density at radius 2 is 1.25 bits per heavy atom. The summed E-state index contributed by atoms with van der Waals surface area (Å²) in [5.41, 5.74) is 7.68. The van der Waals surface area contributed by atoms with Gasteiger partial charge in [0.15, 0.2) is 0 Å². The summed E-state index contributed by atoms with van der Waals surface area (Å²) in [6, 6.07) is 0. The van der Waals surface area contributed by atoms with Crippen LogP contribution in [0, 0.1) is 27.7 Å². The fourth-order valence-corrected chi connectivity index (χ4v) is 2.02. The Hall–Kier alpha value is 0.800. The van der Waals surface area contributed by atoms with Crippen molar-refractivity contribution in [1.29, 1.82) is 0 Å². The molecule has 0 spiro atoms. The molecule has 0 unspecified atom stereocenters. The minimum absolute atomic E-state index is 0. The van der Waals surface area contributed by atoms with Crippen LogP contribution in [-0.4, -0.2) is 0 Å². The van der Waals surface area contributed by atoms with Crippen molar-refractivity contribution in [3.8, 4) is 0 Å². The van der Waals surface area contributed by atoms with Crippen molar-refractivity contribution in [2.75, 3.05) is 0 Å². The van der Waals surface area contributed by atoms with E-state index in [0.717, 1.165) is 0 Å². The third-order valence-corrected chi connectivity index (χ3v) is 3.37. The van der Waals surface area contributed by atoms with Crippen LogP contribution < -0.4 is 24.8 Å². The van der Waals surface area contributed by atoms with E-state index in [2.05, 4.69) is 34.6 Å². The average Bonchev–Trinajstić information content (AvgIpc) is 2.30. The van der Waals surface area contributed by atoms with Gasteiger partial charge < -0.3 is 24.8 Å². The molecular formula is C13H21Cl2Hf-3. The van der Waals surface area contributed by atoms with Crippen LogP contribution in [0.5, 0.6) is 0 Å². The second-order valence-electron chi connectivity index (χ2n) is 4.08. The van der Waals surface area contributed by atoms with Crippen molar-refractivity contribution in [3.63, 3.8) is 0 Å². The number of hydrogen-bond donors (Lipinski definition) is 0. The van der Waals surface area contributed by atoms with Gasteiger partial charge in [-0.3, -0.25) is 0 Å². The van der Waals surface area contributed by atoms with Gasteiger partial charge in [0.25, 0.3) is 0 Å². The van der Waals surface area contributed by atoms with Gasteiger partial charge in [-0.1, -0.05) is 53.9 Å². The van der Waals surface area contributed by atoms with Gasteiger partial charge in [-0.15, -0.1) is 0 Å². The maximum absolute atomic E-state index is 2.26. The van der Waals surface area contributed by atoms with E-state index in [1.807, 2.05) is 0 Å². The van der Waals surface area contributed by atoms with E-state index in [0.29, 0.717) is 0 Å². The van der Waals surface area contributed by atoms with Gasteiger partial charge in [0.2, 0.25) is 0 Å². The summed E-state index contributed by atoms with van der Waals surface area (Å²) in [7, 11) is 0. The third kappa shape index (κ3) is 4.58. The van der Waals surface area contributed by atoms with Crippen LogP contribution in [0.3, 0.4) is 0 Å². The number of hydrogen-bond acceptors (Lipinski definition) is 0. The number of unbranched alkanes of at least 4 members (excludes halogenated alkanes) is 1. The van der Waals surface area contributed by atoms with Crippen molar-refractivity contribution in [2.45, 2.75) is 53.9 Å². The van der Waals surface area contributed by atoms with Crippen LogP contribution in [0.25, 0.3) is 0 Å². The zero-order valence-corrected chi connectivity index (χ0v) is 16.0. The summed E-state index contributed by atoms with van der Waals surface area (Å²) < 4.78 is 0. The van der Waals surface area contributed by atoms with Crippen LogP contribution >= 0.6 is 0 Å². The summed E-state index contributed by atoms with van der Waals surface area (Å²) in [5, 5.41) is 0. The first-order valence-electron chi connectivity index (χ1n) is 5.31. The Morgan fingerprint density at radius 1 is 0.875 bits per heavy atom. The molecule has 0 heterocycles. The molecule has 0 atom stereocenters. The Labute approximate surface area is 132 Å². The maximum atomic E-state index is 2.26. The number of halogens is 2. The normalized spacial score (nSPS) is 8.81. The molecule has 1 aromatic carbocycles. The van der Waals surface area contributed by atoms with Gasteiger partial charge in [0.1, 0.15) is 0 Å². The maximum Gasteiger partial charge on any atom is 0 e. The van der Waals surface area contributed by atoms with Crippen molar-refractivity contribution < 1.29 is 50.7 Å².